The van der Waals surface area contributed by atoms with Gasteiger partial charge in [-0.2, -0.15) is 0 Å². The third-order valence-corrected chi connectivity index (χ3v) is 4.90. The van der Waals surface area contributed by atoms with Gasteiger partial charge in [-0.3, -0.25) is 0 Å². The van der Waals surface area contributed by atoms with E-state index in [1.54, 1.807) is 11.3 Å². The Hall–Kier alpha value is -0.690. The number of nitrogen functional groups attached to an aromatic ring is 1. The van der Waals surface area contributed by atoms with Crippen LogP contribution in [0, 0.1) is 17.4 Å². The molecule has 19 heavy (non-hydrogen) atoms. The maximum Gasteiger partial charge on any atom is 0.162 e. The standard InChI is InChI=1S/C14H18IN3S/c1-7-6-9(8(2)19-7)13-17-11(14(3,4)5)10(15)12(16)18-13/h6H,1-5H3,(H2,16,17,18). The summed E-state index contributed by atoms with van der Waals surface area (Å²) in [6.45, 7) is 10.6. The summed E-state index contributed by atoms with van der Waals surface area (Å²) in [7, 11) is 0. The van der Waals surface area contributed by atoms with Crippen LogP contribution < -0.4 is 5.73 Å². The van der Waals surface area contributed by atoms with Gasteiger partial charge >= 0.3 is 0 Å². The van der Waals surface area contributed by atoms with Crippen molar-refractivity contribution in [2.45, 2.75) is 40.0 Å². The molecule has 3 nitrogen and oxygen atoms in total. The molecule has 0 aliphatic rings. The summed E-state index contributed by atoms with van der Waals surface area (Å²) in [5, 5.41) is 0. The van der Waals surface area contributed by atoms with Crippen molar-refractivity contribution in [2.75, 3.05) is 5.73 Å². The van der Waals surface area contributed by atoms with Gasteiger partial charge in [0.15, 0.2) is 5.82 Å². The van der Waals surface area contributed by atoms with Crippen molar-refractivity contribution in [3.63, 3.8) is 0 Å². The zero-order valence-electron chi connectivity index (χ0n) is 11.8. The van der Waals surface area contributed by atoms with Gasteiger partial charge < -0.3 is 5.73 Å². The van der Waals surface area contributed by atoms with E-state index < -0.39 is 0 Å². The number of aromatic nitrogens is 2. The Bertz CT molecular complexity index is 626. The maximum absolute atomic E-state index is 6.06. The second-order valence-corrected chi connectivity index (χ2v) is 8.21. The molecule has 2 aromatic rings. The van der Waals surface area contributed by atoms with Crippen molar-refractivity contribution in [2.24, 2.45) is 0 Å². The van der Waals surface area contributed by atoms with E-state index in [1.807, 2.05) is 0 Å². The molecule has 0 fully saturated rings. The van der Waals surface area contributed by atoms with Crippen molar-refractivity contribution in [1.29, 1.82) is 0 Å². The minimum atomic E-state index is -0.0404. The van der Waals surface area contributed by atoms with Crippen LogP contribution in [0.1, 0.15) is 36.2 Å². The summed E-state index contributed by atoms with van der Waals surface area (Å²) >= 11 is 4.00. The van der Waals surface area contributed by atoms with Gasteiger partial charge in [0.2, 0.25) is 0 Å². The van der Waals surface area contributed by atoms with Gasteiger partial charge in [-0.1, -0.05) is 20.8 Å². The predicted octanol–water partition coefficient (Wildman–Crippen LogP) is 4.31. The van der Waals surface area contributed by atoms with E-state index in [-0.39, 0.29) is 5.41 Å². The summed E-state index contributed by atoms with van der Waals surface area (Å²) in [5.74, 6) is 1.31. The second-order valence-electron chi connectivity index (χ2n) is 5.67. The molecule has 0 aliphatic heterocycles. The first-order valence-corrected chi connectivity index (χ1v) is 8.00. The maximum atomic E-state index is 6.06. The average Bonchev–Trinajstić information content (AvgIpc) is 2.60. The van der Waals surface area contributed by atoms with Crippen LogP contribution in [-0.4, -0.2) is 9.97 Å². The number of nitrogens with zero attached hydrogens (tertiary/aromatic N) is 2. The normalized spacial score (nSPS) is 11.9. The highest BCUT2D eigenvalue weighted by Crippen LogP contribution is 2.33. The topological polar surface area (TPSA) is 51.8 Å². The van der Waals surface area contributed by atoms with Crippen LogP contribution >= 0.6 is 33.9 Å². The van der Waals surface area contributed by atoms with Crippen molar-refractivity contribution < 1.29 is 0 Å². The van der Waals surface area contributed by atoms with Crippen LogP contribution in [0.25, 0.3) is 11.4 Å². The Morgan fingerprint density at radius 1 is 1.21 bits per heavy atom. The summed E-state index contributed by atoms with van der Waals surface area (Å²) < 4.78 is 0.957. The van der Waals surface area contributed by atoms with Gasteiger partial charge in [-0.05, 0) is 42.5 Å². The molecule has 2 N–H and O–H groups in total. The fourth-order valence-electron chi connectivity index (χ4n) is 1.93. The molecule has 0 radical (unpaired) electrons. The molecule has 2 rings (SSSR count). The molecule has 0 unspecified atom stereocenters. The van der Waals surface area contributed by atoms with Crippen LogP contribution in [0.3, 0.4) is 0 Å². The Morgan fingerprint density at radius 2 is 1.84 bits per heavy atom. The van der Waals surface area contributed by atoms with E-state index in [9.17, 15) is 0 Å². The van der Waals surface area contributed by atoms with Crippen molar-refractivity contribution in [3.8, 4) is 11.4 Å². The molecule has 102 valence electrons. The average molecular weight is 387 g/mol. The molecule has 2 aromatic heterocycles. The highest BCUT2D eigenvalue weighted by atomic mass is 127. The number of hydrogen-bond acceptors (Lipinski definition) is 4. The van der Waals surface area contributed by atoms with Crippen LogP contribution in [0.15, 0.2) is 6.07 Å². The summed E-state index contributed by atoms with van der Waals surface area (Å²) in [4.78, 5) is 11.7. The molecule has 0 aromatic carbocycles. The lowest BCUT2D eigenvalue weighted by Crippen LogP contribution is -2.18. The Balaban J connectivity index is 2.67. The van der Waals surface area contributed by atoms with Crippen LogP contribution in [0.5, 0.6) is 0 Å². The first kappa shape index (κ1) is 14.7. The Morgan fingerprint density at radius 3 is 2.32 bits per heavy atom. The molecule has 0 saturated carbocycles. The lowest BCUT2D eigenvalue weighted by atomic mass is 9.92. The molecule has 0 spiro atoms. The largest absolute Gasteiger partial charge is 0.383 e. The third-order valence-electron chi connectivity index (χ3n) is 2.87. The Labute approximate surface area is 131 Å². The monoisotopic (exact) mass is 387 g/mol. The quantitative estimate of drug-likeness (QED) is 0.742. The van der Waals surface area contributed by atoms with E-state index >= 15 is 0 Å². The van der Waals surface area contributed by atoms with Gasteiger partial charge in [0.1, 0.15) is 5.82 Å². The fourth-order valence-corrected chi connectivity index (χ4v) is 3.90. The molecule has 0 amide bonds. The summed E-state index contributed by atoms with van der Waals surface area (Å²) in [6, 6.07) is 2.13. The van der Waals surface area contributed by atoms with Gasteiger partial charge in [0.25, 0.3) is 0 Å². The highest BCUT2D eigenvalue weighted by Gasteiger charge is 2.23. The first-order valence-electron chi connectivity index (χ1n) is 6.11. The van der Waals surface area contributed by atoms with Crippen LogP contribution in [0.4, 0.5) is 5.82 Å². The van der Waals surface area contributed by atoms with E-state index in [0.29, 0.717) is 5.82 Å². The zero-order chi connectivity index (χ0) is 14.4. The minimum absolute atomic E-state index is 0.0404. The Kier molecular flexibility index (Phi) is 3.88. The molecular weight excluding hydrogens is 369 g/mol. The number of rotatable bonds is 1. The van der Waals surface area contributed by atoms with Crippen molar-refractivity contribution in [1.82, 2.24) is 9.97 Å². The molecule has 5 heteroatoms. The lowest BCUT2D eigenvalue weighted by molar-refractivity contribution is 0.564. The minimum Gasteiger partial charge on any atom is -0.383 e. The first-order chi connectivity index (χ1) is 8.70. The molecular formula is C14H18IN3S. The van der Waals surface area contributed by atoms with Crippen LogP contribution in [0.2, 0.25) is 0 Å². The lowest BCUT2D eigenvalue weighted by Gasteiger charge is -2.20. The SMILES string of the molecule is Cc1cc(-c2nc(N)c(I)c(C(C)(C)C)n2)c(C)s1. The van der Waals surface area contributed by atoms with E-state index in [4.69, 9.17) is 10.7 Å². The van der Waals surface area contributed by atoms with Gasteiger partial charge in [-0.15, -0.1) is 11.3 Å². The predicted molar refractivity (Wildman–Crippen MR) is 90.6 cm³/mol. The fraction of sp³-hybridized carbons (Fsp3) is 0.429. The van der Waals surface area contributed by atoms with Crippen molar-refractivity contribution >= 4 is 39.7 Å². The smallest absolute Gasteiger partial charge is 0.162 e. The van der Waals surface area contributed by atoms with Crippen molar-refractivity contribution in [3.05, 3.63) is 25.1 Å². The third kappa shape index (κ3) is 2.91. The number of aryl methyl sites for hydroxylation is 2. The summed E-state index contributed by atoms with van der Waals surface area (Å²) in [6.07, 6.45) is 0. The summed E-state index contributed by atoms with van der Waals surface area (Å²) in [5.41, 5.74) is 8.12. The number of halogens is 1. The van der Waals surface area contributed by atoms with E-state index in [0.717, 1.165) is 20.7 Å². The van der Waals surface area contributed by atoms with Gasteiger partial charge in [-0.25, -0.2) is 9.97 Å². The molecule has 0 aliphatic carbocycles. The molecule has 0 bridgehead atoms. The van der Waals surface area contributed by atoms with Crippen LogP contribution in [-0.2, 0) is 5.41 Å². The van der Waals surface area contributed by atoms with E-state index in [2.05, 4.69) is 68.3 Å². The van der Waals surface area contributed by atoms with E-state index in [1.165, 1.54) is 9.75 Å². The van der Waals surface area contributed by atoms with Gasteiger partial charge in [0.05, 0.1) is 9.26 Å². The zero-order valence-corrected chi connectivity index (χ0v) is 14.8. The molecule has 2 heterocycles. The molecule has 0 saturated heterocycles. The molecule has 0 atom stereocenters. The highest BCUT2D eigenvalue weighted by molar-refractivity contribution is 14.1. The number of anilines is 1. The number of thiophene rings is 1. The van der Waals surface area contributed by atoms with Gasteiger partial charge in [0, 0.05) is 20.7 Å². The number of nitrogens with two attached hydrogens (primary N) is 1. The second kappa shape index (κ2) is 5.01. The number of hydrogen-bond donors (Lipinski definition) is 1.